The average molecular weight is 382 g/mol. The second-order valence-electron chi connectivity index (χ2n) is 6.49. The van der Waals surface area contributed by atoms with E-state index < -0.39 is 0 Å². The number of hydrogen-bond donors (Lipinski definition) is 1. The first-order valence-electron chi connectivity index (χ1n) is 9.23. The quantitative estimate of drug-likeness (QED) is 0.708. The Hall–Kier alpha value is -2.60. The summed E-state index contributed by atoms with van der Waals surface area (Å²) in [5.41, 5.74) is 2.03. The highest BCUT2D eigenvalue weighted by Crippen LogP contribution is 2.34. The third-order valence-electron chi connectivity index (χ3n) is 4.78. The molecule has 0 fully saturated rings. The van der Waals surface area contributed by atoms with E-state index >= 15 is 0 Å². The van der Waals surface area contributed by atoms with Crippen LogP contribution in [0.3, 0.4) is 0 Å². The topological polar surface area (TPSA) is 64.2 Å². The standard InChI is InChI=1S/C21H22N2O3S/c1-3-26-15-9-6-7-13(19(15)25-2)11-12-17-22-20(24)18-14-8-4-5-10-16(14)27-21(18)23-17/h6-7,9,11-12H,3-5,8,10H2,1-2H3,(H,22,23,24)/b12-11+. The zero-order valence-corrected chi connectivity index (χ0v) is 16.3. The maximum Gasteiger partial charge on any atom is 0.260 e. The first-order valence-corrected chi connectivity index (χ1v) is 10.1. The van der Waals surface area contributed by atoms with Gasteiger partial charge in [-0.25, -0.2) is 4.98 Å². The number of benzene rings is 1. The Bertz CT molecular complexity index is 1070. The molecule has 0 unspecified atom stereocenters. The molecule has 0 saturated heterocycles. The van der Waals surface area contributed by atoms with Crippen molar-refractivity contribution in [2.24, 2.45) is 0 Å². The van der Waals surface area contributed by atoms with Gasteiger partial charge in [0.1, 0.15) is 10.7 Å². The van der Waals surface area contributed by atoms with E-state index in [0.29, 0.717) is 23.9 Å². The number of nitrogens with one attached hydrogen (secondary N) is 1. The van der Waals surface area contributed by atoms with Crippen LogP contribution in [0.2, 0.25) is 0 Å². The number of ether oxygens (including phenoxy) is 2. The molecule has 0 atom stereocenters. The van der Waals surface area contributed by atoms with Gasteiger partial charge in [-0.05, 0) is 56.4 Å². The Morgan fingerprint density at radius 1 is 1.26 bits per heavy atom. The summed E-state index contributed by atoms with van der Waals surface area (Å²) in [7, 11) is 1.62. The molecule has 1 N–H and O–H groups in total. The van der Waals surface area contributed by atoms with Crippen molar-refractivity contribution in [1.82, 2.24) is 9.97 Å². The van der Waals surface area contributed by atoms with Crippen LogP contribution in [0.4, 0.5) is 0 Å². The fraction of sp³-hybridized carbons (Fsp3) is 0.333. The maximum atomic E-state index is 12.6. The summed E-state index contributed by atoms with van der Waals surface area (Å²) in [5.74, 6) is 1.92. The summed E-state index contributed by atoms with van der Waals surface area (Å²) in [6, 6.07) is 5.74. The predicted octanol–water partition coefficient (Wildman–Crippen LogP) is 4.44. The van der Waals surface area contributed by atoms with E-state index in [4.69, 9.17) is 9.47 Å². The third kappa shape index (κ3) is 3.37. The number of thiophene rings is 1. The Morgan fingerprint density at radius 3 is 2.93 bits per heavy atom. The second-order valence-corrected chi connectivity index (χ2v) is 7.57. The van der Waals surface area contributed by atoms with Gasteiger partial charge in [0.15, 0.2) is 11.5 Å². The number of hydrogen-bond acceptors (Lipinski definition) is 5. The molecule has 0 bridgehead atoms. The van der Waals surface area contributed by atoms with Crippen molar-refractivity contribution in [1.29, 1.82) is 0 Å². The average Bonchev–Trinajstić information content (AvgIpc) is 3.05. The lowest BCUT2D eigenvalue weighted by Gasteiger charge is -2.11. The van der Waals surface area contributed by atoms with Crippen LogP contribution in [0, 0.1) is 0 Å². The van der Waals surface area contributed by atoms with E-state index in [1.165, 1.54) is 16.9 Å². The van der Waals surface area contributed by atoms with Gasteiger partial charge < -0.3 is 14.5 Å². The molecular formula is C21H22N2O3S. The molecule has 1 aliphatic carbocycles. The minimum absolute atomic E-state index is 0.0471. The molecule has 0 amide bonds. The van der Waals surface area contributed by atoms with E-state index in [-0.39, 0.29) is 5.56 Å². The van der Waals surface area contributed by atoms with Crippen LogP contribution in [0.1, 0.15) is 41.6 Å². The van der Waals surface area contributed by atoms with Gasteiger partial charge in [-0.3, -0.25) is 4.79 Å². The van der Waals surface area contributed by atoms with Gasteiger partial charge in [-0.1, -0.05) is 12.1 Å². The molecule has 3 aromatic rings. The van der Waals surface area contributed by atoms with E-state index in [0.717, 1.165) is 35.0 Å². The summed E-state index contributed by atoms with van der Waals surface area (Å²) in [6.45, 7) is 2.50. The van der Waals surface area contributed by atoms with Crippen molar-refractivity contribution in [3.05, 3.63) is 50.4 Å². The monoisotopic (exact) mass is 382 g/mol. The smallest absolute Gasteiger partial charge is 0.260 e. The SMILES string of the molecule is CCOc1cccc(/C=C/c2nc3sc4c(c3c(=O)[nH]2)CCCC4)c1OC. The normalized spacial score (nSPS) is 13.9. The highest BCUT2D eigenvalue weighted by Gasteiger charge is 2.19. The molecule has 1 aromatic carbocycles. The molecule has 5 nitrogen and oxygen atoms in total. The molecule has 0 spiro atoms. The molecular weight excluding hydrogens is 360 g/mol. The van der Waals surface area contributed by atoms with Gasteiger partial charge in [0.05, 0.1) is 19.1 Å². The second kappa shape index (κ2) is 7.56. The predicted molar refractivity (Wildman–Crippen MR) is 110 cm³/mol. The number of aromatic nitrogens is 2. The zero-order valence-electron chi connectivity index (χ0n) is 15.5. The van der Waals surface area contributed by atoms with Crippen molar-refractivity contribution in [2.45, 2.75) is 32.6 Å². The Balaban J connectivity index is 1.72. The van der Waals surface area contributed by atoms with Crippen LogP contribution in [0.25, 0.3) is 22.4 Å². The van der Waals surface area contributed by atoms with Crippen LogP contribution >= 0.6 is 11.3 Å². The summed E-state index contributed by atoms with van der Waals surface area (Å²) in [6.07, 6.45) is 8.08. The molecule has 140 valence electrons. The molecule has 2 heterocycles. The van der Waals surface area contributed by atoms with Gasteiger partial charge >= 0.3 is 0 Å². The van der Waals surface area contributed by atoms with Gasteiger partial charge in [0.2, 0.25) is 0 Å². The number of nitrogens with zero attached hydrogens (tertiary/aromatic N) is 1. The largest absolute Gasteiger partial charge is 0.492 e. The summed E-state index contributed by atoms with van der Waals surface area (Å²) in [5, 5.41) is 0.780. The first kappa shape index (κ1) is 17.8. The van der Waals surface area contributed by atoms with Crippen LogP contribution in [-0.4, -0.2) is 23.7 Å². The minimum atomic E-state index is -0.0471. The van der Waals surface area contributed by atoms with Crippen molar-refractivity contribution in [3.63, 3.8) is 0 Å². The van der Waals surface area contributed by atoms with Crippen LogP contribution in [-0.2, 0) is 12.8 Å². The Kier molecular flexibility index (Phi) is 4.99. The van der Waals surface area contributed by atoms with Gasteiger partial charge in [-0.2, -0.15) is 0 Å². The van der Waals surface area contributed by atoms with Crippen LogP contribution in [0.5, 0.6) is 11.5 Å². The molecule has 27 heavy (non-hydrogen) atoms. The fourth-order valence-corrected chi connectivity index (χ4v) is 4.85. The zero-order chi connectivity index (χ0) is 18.8. The summed E-state index contributed by atoms with van der Waals surface area (Å²) >= 11 is 1.66. The lowest BCUT2D eigenvalue weighted by atomic mass is 9.97. The molecule has 4 rings (SSSR count). The van der Waals surface area contributed by atoms with E-state index in [1.54, 1.807) is 18.4 Å². The Labute approximate surface area is 161 Å². The van der Waals surface area contributed by atoms with E-state index in [9.17, 15) is 4.79 Å². The number of methoxy groups -OCH3 is 1. The van der Waals surface area contributed by atoms with Crippen molar-refractivity contribution in [3.8, 4) is 11.5 Å². The van der Waals surface area contributed by atoms with E-state index in [2.05, 4.69) is 9.97 Å². The Morgan fingerprint density at radius 2 is 2.11 bits per heavy atom. The molecule has 0 radical (unpaired) electrons. The summed E-state index contributed by atoms with van der Waals surface area (Å²) in [4.78, 5) is 22.4. The number of aromatic amines is 1. The molecule has 1 aliphatic rings. The van der Waals surface area contributed by atoms with Crippen molar-refractivity contribution in [2.75, 3.05) is 13.7 Å². The van der Waals surface area contributed by atoms with E-state index in [1.807, 2.05) is 37.3 Å². The molecule has 0 aliphatic heterocycles. The van der Waals surface area contributed by atoms with Crippen LogP contribution in [0.15, 0.2) is 23.0 Å². The number of aryl methyl sites for hydroxylation is 2. The first-order chi connectivity index (χ1) is 13.2. The van der Waals surface area contributed by atoms with Crippen molar-refractivity contribution < 1.29 is 9.47 Å². The van der Waals surface area contributed by atoms with Crippen LogP contribution < -0.4 is 15.0 Å². The maximum absolute atomic E-state index is 12.6. The van der Waals surface area contributed by atoms with Gasteiger partial charge in [-0.15, -0.1) is 11.3 Å². The number of rotatable bonds is 5. The number of H-pyrrole nitrogens is 1. The lowest BCUT2D eigenvalue weighted by molar-refractivity contribution is 0.310. The lowest BCUT2D eigenvalue weighted by Crippen LogP contribution is -2.11. The highest BCUT2D eigenvalue weighted by atomic mass is 32.1. The summed E-state index contributed by atoms with van der Waals surface area (Å²) < 4.78 is 11.1. The number of para-hydroxylation sites is 1. The number of fused-ring (bicyclic) bond motifs is 3. The van der Waals surface area contributed by atoms with Gasteiger partial charge in [0.25, 0.3) is 5.56 Å². The third-order valence-corrected chi connectivity index (χ3v) is 5.96. The van der Waals surface area contributed by atoms with Gasteiger partial charge in [0, 0.05) is 10.4 Å². The van der Waals surface area contributed by atoms with Crippen molar-refractivity contribution >= 4 is 33.7 Å². The molecule has 0 saturated carbocycles. The minimum Gasteiger partial charge on any atom is -0.492 e. The highest BCUT2D eigenvalue weighted by molar-refractivity contribution is 7.18. The fourth-order valence-electron chi connectivity index (χ4n) is 3.58. The molecule has 2 aromatic heterocycles. The molecule has 6 heteroatoms.